The Kier molecular flexibility index (Phi) is 24.1. The standard InChI is InChI=1S/C68H110O32/c1-27(2)20-30(90-29(4)72)21-67(9)39-15-18-66(8)32-12-13-38-64(5,6)40(16-17-65(38,7)31(32)14-19-68(39,66)63(84)100-67)95-62-56(44(77)37(26-88-62)94-59-50(83)55(43(76)36(24-71)91-59)98-61-49(82)54(86-11)42(75)35(23-70)93-61)99-58-46(79)45(78)51(28(3)89-58)96-57-47(80)52(33(73)25-87-57)97-60-48(81)53(85-10)41(74)34(22-69)92-60/h12,27-28,30-31,33-62,69-71,73-83H,13-26H2,1-11H3/t28-,30+,31?,33-,34-,35-,36-,37-,38?,39-,40+,41-,42-,43-,44+,45-,46-,47-,48-,49-,50-,51-,52+,53+,54+,55+,56-,57+,58+,59+,60+,61+,62+,65-,66+,67+,68-/m1/s1. The maximum atomic E-state index is 14.8. The molecule has 3 saturated carbocycles. The molecule has 0 bridgehead atoms. The van der Waals surface area contributed by atoms with Gasteiger partial charge in [0.25, 0.3) is 0 Å². The summed E-state index contributed by atoms with van der Waals surface area (Å²) < 4.78 is 96.2. The first-order valence-electron chi connectivity index (χ1n) is 35.4. The number of hydrogen-bond acceptors (Lipinski definition) is 32. The van der Waals surface area contributed by atoms with Crippen LogP contribution in [0.1, 0.15) is 120 Å². The molecule has 574 valence electrons. The summed E-state index contributed by atoms with van der Waals surface area (Å²) in [5, 5.41) is 156. The van der Waals surface area contributed by atoms with Crippen molar-refractivity contribution in [1.29, 1.82) is 0 Å². The summed E-state index contributed by atoms with van der Waals surface area (Å²) in [5.74, 6) is -0.347. The van der Waals surface area contributed by atoms with Crippen LogP contribution >= 0.6 is 0 Å². The van der Waals surface area contributed by atoms with Crippen LogP contribution in [0.5, 0.6) is 0 Å². The van der Waals surface area contributed by atoms with Crippen LogP contribution < -0.4 is 0 Å². The van der Waals surface area contributed by atoms with Crippen molar-refractivity contribution < 1.29 is 157 Å². The van der Waals surface area contributed by atoms with Crippen molar-refractivity contribution in [2.24, 2.45) is 45.3 Å². The number of hydrogen-bond donors (Lipinski definition) is 14. The first-order valence-corrected chi connectivity index (χ1v) is 35.4. The fraction of sp³-hybridized carbons (Fsp3) is 0.941. The van der Waals surface area contributed by atoms with Gasteiger partial charge in [-0.05, 0) is 93.8 Å². The van der Waals surface area contributed by atoms with Gasteiger partial charge in [0, 0.05) is 38.9 Å². The molecule has 0 aromatic rings. The summed E-state index contributed by atoms with van der Waals surface area (Å²) in [5.41, 5.74) is -1.80. The van der Waals surface area contributed by atoms with E-state index in [1.807, 2.05) is 6.92 Å². The van der Waals surface area contributed by atoms with Gasteiger partial charge in [0.1, 0.15) is 140 Å². The maximum Gasteiger partial charge on any atom is 0.313 e. The Hall–Kier alpha value is -2.44. The molecule has 11 aliphatic rings. The fourth-order valence-electron chi connectivity index (χ4n) is 19.6. The van der Waals surface area contributed by atoms with Gasteiger partial charge >= 0.3 is 11.9 Å². The molecule has 0 aromatic carbocycles. The molecule has 7 heterocycles. The van der Waals surface area contributed by atoms with Gasteiger partial charge in [0.15, 0.2) is 37.7 Å². The number of aliphatic hydroxyl groups excluding tert-OH is 14. The minimum absolute atomic E-state index is 0.0151. The van der Waals surface area contributed by atoms with E-state index in [2.05, 4.69) is 47.6 Å². The van der Waals surface area contributed by atoms with Crippen molar-refractivity contribution in [1.82, 2.24) is 0 Å². The molecule has 32 nitrogen and oxygen atoms in total. The molecule has 4 aliphatic carbocycles. The largest absolute Gasteiger partial charge is 0.462 e. The molecule has 0 radical (unpaired) electrons. The first kappa shape index (κ1) is 78.6. The van der Waals surface area contributed by atoms with Crippen molar-refractivity contribution in [3.05, 3.63) is 11.6 Å². The quantitative estimate of drug-likeness (QED) is 0.0384. The average Bonchev–Trinajstić information content (AvgIpc) is 1.47. The summed E-state index contributed by atoms with van der Waals surface area (Å²) in [6.07, 6.45) is -38.9. The van der Waals surface area contributed by atoms with Crippen LogP contribution in [0.3, 0.4) is 0 Å². The topological polar surface area (TPSA) is 465 Å². The second-order valence-corrected chi connectivity index (χ2v) is 31.4. The number of carbonyl (C=O) groups is 2. The lowest BCUT2D eigenvalue weighted by atomic mass is 9.41. The van der Waals surface area contributed by atoms with Crippen LogP contribution in [0, 0.1) is 45.3 Å². The molecular formula is C68H110O32. The van der Waals surface area contributed by atoms with Gasteiger partial charge in [-0.15, -0.1) is 0 Å². The van der Waals surface area contributed by atoms with Crippen LogP contribution in [0.15, 0.2) is 11.6 Å². The zero-order valence-corrected chi connectivity index (χ0v) is 58.7. The Balaban J connectivity index is 0.828. The van der Waals surface area contributed by atoms with E-state index in [0.717, 1.165) is 19.3 Å². The number of fused-ring (bicyclic) bond motifs is 4. The van der Waals surface area contributed by atoms with Gasteiger partial charge in [0.2, 0.25) is 0 Å². The predicted molar refractivity (Wildman–Crippen MR) is 335 cm³/mol. The molecule has 0 aromatic heterocycles. The number of allylic oxidation sites excluding steroid dienone is 2. The minimum atomic E-state index is -2.02. The number of rotatable bonds is 22. The third-order valence-electron chi connectivity index (χ3n) is 24.7. The number of methoxy groups -OCH3 is 2. The third-order valence-corrected chi connectivity index (χ3v) is 24.7. The van der Waals surface area contributed by atoms with Crippen molar-refractivity contribution in [3.63, 3.8) is 0 Å². The number of ether oxygens (including phenoxy) is 16. The molecule has 37 atom stereocenters. The van der Waals surface area contributed by atoms with Crippen LogP contribution in [0.4, 0.5) is 0 Å². The zero-order chi connectivity index (χ0) is 72.8. The van der Waals surface area contributed by atoms with E-state index in [1.165, 1.54) is 33.6 Å². The summed E-state index contributed by atoms with van der Waals surface area (Å²) in [6.45, 7) is 14.5. The number of aliphatic hydroxyl groups is 14. The molecule has 14 N–H and O–H groups in total. The van der Waals surface area contributed by atoms with Gasteiger partial charge in [-0.1, -0.05) is 53.2 Å². The second-order valence-electron chi connectivity index (χ2n) is 31.4. The number of carbonyl (C=O) groups excluding carboxylic acids is 2. The Labute approximate surface area is 581 Å². The molecule has 10 fully saturated rings. The molecule has 100 heavy (non-hydrogen) atoms. The van der Waals surface area contributed by atoms with Crippen molar-refractivity contribution in [3.8, 4) is 0 Å². The monoisotopic (exact) mass is 1440 g/mol. The highest BCUT2D eigenvalue weighted by atomic mass is 16.8. The van der Waals surface area contributed by atoms with Gasteiger partial charge in [-0.25, -0.2) is 0 Å². The van der Waals surface area contributed by atoms with Crippen LogP contribution in [0.2, 0.25) is 0 Å². The molecule has 1 spiro atoms. The van der Waals surface area contributed by atoms with E-state index in [1.54, 1.807) is 0 Å². The SMILES string of the molecule is CO[C@@H]1[C@@H](O)[C@H](O[C@@H]2[C@@H](O)[C@H](O[C@@H]3CO[C@@H](O[C@H]4CC[C@]5(C)C6CC[C@]78C(=O)O[C@@](C)(C[C@H](CC(C)C)OC(C)=O)[C@H]7CC[C@@]8(C)C6=CCC5C4(C)C)[C@H](O[C@@H]4O[C@H](C)[C@@H](O[C@@H]5OC[C@@H](O)[C@H](O[C@@H]6O[C@H](CO)[C@@H](O)[C@H](OC)[C@H]6O)[C@H]5O)[C@H](O)[C@H]4O)[C@H]3O)O[C@H](CO)[C@H]2O)O[C@H](CO)[C@H]1O. The van der Waals surface area contributed by atoms with Gasteiger partial charge in [-0.2, -0.15) is 0 Å². The predicted octanol–water partition coefficient (Wildman–Crippen LogP) is -2.82. The molecule has 11 rings (SSSR count). The zero-order valence-electron chi connectivity index (χ0n) is 58.7. The fourth-order valence-corrected chi connectivity index (χ4v) is 19.6. The number of esters is 2. The smallest absolute Gasteiger partial charge is 0.313 e. The maximum absolute atomic E-state index is 14.8. The van der Waals surface area contributed by atoms with Crippen molar-refractivity contribution in [2.45, 2.75) is 310 Å². The van der Waals surface area contributed by atoms with Gasteiger partial charge < -0.3 is 147 Å². The van der Waals surface area contributed by atoms with E-state index >= 15 is 0 Å². The van der Waals surface area contributed by atoms with Gasteiger partial charge in [0.05, 0.1) is 50.7 Å². The Bertz CT molecular complexity index is 2800. The highest BCUT2D eigenvalue weighted by Gasteiger charge is 2.77. The normalized spacial score (nSPS) is 51.3. The van der Waals surface area contributed by atoms with Gasteiger partial charge in [-0.3, -0.25) is 9.59 Å². The molecular weight excluding hydrogens is 1330 g/mol. The Morgan fingerprint density at radius 3 is 1.67 bits per heavy atom. The first-order chi connectivity index (χ1) is 47.2. The molecule has 7 saturated heterocycles. The summed E-state index contributed by atoms with van der Waals surface area (Å²) >= 11 is 0. The van der Waals surface area contributed by atoms with Crippen molar-refractivity contribution >= 4 is 11.9 Å². The highest BCUT2D eigenvalue weighted by molar-refractivity contribution is 5.83. The average molecular weight is 1440 g/mol. The van der Waals surface area contributed by atoms with E-state index in [4.69, 9.17) is 75.8 Å². The van der Waals surface area contributed by atoms with E-state index in [-0.39, 0.29) is 41.0 Å². The van der Waals surface area contributed by atoms with E-state index in [9.17, 15) is 81.1 Å². The van der Waals surface area contributed by atoms with E-state index < -0.39 is 239 Å². The van der Waals surface area contributed by atoms with Crippen LogP contribution in [0.25, 0.3) is 0 Å². The Morgan fingerprint density at radius 2 is 1.09 bits per heavy atom. The molecule has 2 unspecified atom stereocenters. The Morgan fingerprint density at radius 1 is 0.560 bits per heavy atom. The second kappa shape index (κ2) is 30.7. The van der Waals surface area contributed by atoms with E-state index in [0.29, 0.717) is 38.5 Å². The number of cyclic esters (lactones) is 1. The highest BCUT2D eigenvalue weighted by Crippen LogP contribution is 2.76. The minimum Gasteiger partial charge on any atom is -0.462 e. The van der Waals surface area contributed by atoms with Crippen LogP contribution in [-0.4, -0.2) is 321 Å². The molecule has 0 amide bonds. The summed E-state index contributed by atoms with van der Waals surface area (Å²) in [6, 6.07) is 0. The van der Waals surface area contributed by atoms with Crippen molar-refractivity contribution in [2.75, 3.05) is 47.3 Å². The molecule has 7 aliphatic heterocycles. The molecule has 32 heteroatoms. The van der Waals surface area contributed by atoms with Crippen LogP contribution in [-0.2, 0) is 85.4 Å². The summed E-state index contributed by atoms with van der Waals surface area (Å²) in [4.78, 5) is 27.2. The lowest BCUT2D eigenvalue weighted by Gasteiger charge is -2.64. The lowest BCUT2D eigenvalue weighted by molar-refractivity contribution is -0.394. The third kappa shape index (κ3) is 13.9. The summed E-state index contributed by atoms with van der Waals surface area (Å²) in [7, 11) is 2.40. The lowest BCUT2D eigenvalue weighted by Crippen LogP contribution is -2.67.